The molecule has 0 fully saturated rings. The first kappa shape index (κ1) is 16.8. The van der Waals surface area contributed by atoms with E-state index in [1.165, 1.54) is 6.42 Å². The zero-order valence-corrected chi connectivity index (χ0v) is 10.9. The van der Waals surface area contributed by atoms with Crippen LogP contribution in [0.1, 0.15) is 58.3 Å². The van der Waals surface area contributed by atoms with E-state index >= 15 is 0 Å². The fourth-order valence-electron chi connectivity index (χ4n) is 1.82. The minimum atomic E-state index is -0.706. The van der Waals surface area contributed by atoms with Crippen LogP contribution in [0.2, 0.25) is 0 Å². The van der Waals surface area contributed by atoms with Gasteiger partial charge in [0.25, 0.3) is 0 Å². The predicted octanol–water partition coefficient (Wildman–Crippen LogP) is 1.20. The van der Waals surface area contributed by atoms with Crippen molar-refractivity contribution in [1.82, 2.24) is 0 Å². The van der Waals surface area contributed by atoms with Gasteiger partial charge in [0.05, 0.1) is 24.9 Å². The number of hydrogen-bond donors (Lipinski definition) is 4. The largest absolute Gasteiger partial charge is 0.394 e. The molecule has 0 aliphatic rings. The Balaban J connectivity index is 3.49. The average molecular weight is 248 g/mol. The molecule has 0 heterocycles. The molecule has 0 radical (unpaired) electrons. The number of hydrogen-bond acceptors (Lipinski definition) is 4. The second-order valence-electron chi connectivity index (χ2n) is 4.75. The van der Waals surface area contributed by atoms with Gasteiger partial charge < -0.3 is 20.4 Å². The van der Waals surface area contributed by atoms with E-state index in [0.717, 1.165) is 19.3 Å². The maximum absolute atomic E-state index is 9.68. The Kier molecular flexibility index (Phi) is 10.9. The van der Waals surface area contributed by atoms with Crippen molar-refractivity contribution in [2.24, 2.45) is 0 Å². The van der Waals surface area contributed by atoms with Crippen molar-refractivity contribution in [1.29, 1.82) is 0 Å². The fraction of sp³-hybridized carbons (Fsp3) is 1.00. The van der Waals surface area contributed by atoms with E-state index in [2.05, 4.69) is 6.92 Å². The van der Waals surface area contributed by atoms with E-state index in [0.29, 0.717) is 25.7 Å². The number of unbranched alkanes of at least 4 members (excludes halogenated alkanes) is 3. The number of aliphatic hydroxyl groups excluding tert-OH is 4. The highest BCUT2D eigenvalue weighted by Gasteiger charge is 2.15. The third-order valence-corrected chi connectivity index (χ3v) is 3.05. The van der Waals surface area contributed by atoms with Crippen LogP contribution in [-0.4, -0.2) is 45.3 Å². The summed E-state index contributed by atoms with van der Waals surface area (Å²) in [5.41, 5.74) is 0. The zero-order valence-electron chi connectivity index (χ0n) is 10.9. The molecule has 0 bridgehead atoms. The smallest absolute Gasteiger partial charge is 0.0799 e. The lowest BCUT2D eigenvalue weighted by atomic mass is 10.0. The Labute approximate surface area is 104 Å². The second-order valence-corrected chi connectivity index (χ2v) is 4.75. The van der Waals surface area contributed by atoms with Crippen molar-refractivity contribution < 1.29 is 20.4 Å². The Morgan fingerprint density at radius 3 is 1.88 bits per heavy atom. The van der Waals surface area contributed by atoms with Gasteiger partial charge in [-0.3, -0.25) is 0 Å². The van der Waals surface area contributed by atoms with Crippen LogP contribution in [0, 0.1) is 0 Å². The SMILES string of the molecule is CCCCCCC(O)C(O)CCCC(O)CO. The fourth-order valence-corrected chi connectivity index (χ4v) is 1.82. The maximum Gasteiger partial charge on any atom is 0.0799 e. The first-order chi connectivity index (χ1) is 8.11. The van der Waals surface area contributed by atoms with Crippen LogP contribution >= 0.6 is 0 Å². The predicted molar refractivity (Wildman–Crippen MR) is 67.7 cm³/mol. The van der Waals surface area contributed by atoms with Crippen LogP contribution in [0.3, 0.4) is 0 Å². The molecule has 0 saturated carbocycles. The molecule has 0 amide bonds. The van der Waals surface area contributed by atoms with Gasteiger partial charge in [-0.25, -0.2) is 0 Å². The first-order valence-electron chi connectivity index (χ1n) is 6.76. The van der Waals surface area contributed by atoms with Gasteiger partial charge in [0.2, 0.25) is 0 Å². The summed E-state index contributed by atoms with van der Waals surface area (Å²) in [5.74, 6) is 0. The van der Waals surface area contributed by atoms with Crippen LogP contribution in [0.4, 0.5) is 0 Å². The van der Waals surface area contributed by atoms with Gasteiger partial charge in [0.15, 0.2) is 0 Å². The molecule has 4 nitrogen and oxygen atoms in total. The summed E-state index contributed by atoms with van der Waals surface area (Å²) in [6, 6.07) is 0. The third kappa shape index (κ3) is 9.53. The molecule has 0 aliphatic carbocycles. The molecular weight excluding hydrogens is 220 g/mol. The Hall–Kier alpha value is -0.160. The van der Waals surface area contributed by atoms with Crippen molar-refractivity contribution in [2.75, 3.05) is 6.61 Å². The van der Waals surface area contributed by atoms with Gasteiger partial charge in [0, 0.05) is 0 Å². The van der Waals surface area contributed by atoms with E-state index in [1.807, 2.05) is 0 Å². The highest BCUT2D eigenvalue weighted by molar-refractivity contribution is 4.68. The molecule has 0 spiro atoms. The Bertz CT molecular complexity index is 163. The average Bonchev–Trinajstić information content (AvgIpc) is 2.33. The third-order valence-electron chi connectivity index (χ3n) is 3.05. The standard InChI is InChI=1S/C13H28O4/c1-2-3-4-5-8-12(16)13(17)9-6-7-11(15)10-14/h11-17H,2-10H2,1H3. The summed E-state index contributed by atoms with van der Waals surface area (Å²) in [5, 5.41) is 37.1. The monoisotopic (exact) mass is 248 g/mol. The molecule has 4 heteroatoms. The minimum absolute atomic E-state index is 0.240. The molecular formula is C13H28O4. The minimum Gasteiger partial charge on any atom is -0.394 e. The van der Waals surface area contributed by atoms with E-state index in [4.69, 9.17) is 10.2 Å². The molecule has 3 unspecified atom stereocenters. The molecule has 0 saturated heterocycles. The Morgan fingerprint density at radius 1 is 0.765 bits per heavy atom. The highest BCUT2D eigenvalue weighted by Crippen LogP contribution is 2.13. The van der Waals surface area contributed by atoms with Crippen molar-refractivity contribution in [3.8, 4) is 0 Å². The lowest BCUT2D eigenvalue weighted by molar-refractivity contribution is 0.00384. The molecule has 0 aromatic carbocycles. The van der Waals surface area contributed by atoms with Crippen molar-refractivity contribution in [3.05, 3.63) is 0 Å². The highest BCUT2D eigenvalue weighted by atomic mass is 16.3. The van der Waals surface area contributed by atoms with Gasteiger partial charge in [-0.1, -0.05) is 32.6 Å². The van der Waals surface area contributed by atoms with Gasteiger partial charge in [-0.2, -0.15) is 0 Å². The second kappa shape index (κ2) is 11.0. The van der Waals surface area contributed by atoms with Crippen molar-refractivity contribution >= 4 is 0 Å². The topological polar surface area (TPSA) is 80.9 Å². The molecule has 0 aromatic heterocycles. The van der Waals surface area contributed by atoms with Gasteiger partial charge in [-0.15, -0.1) is 0 Å². The van der Waals surface area contributed by atoms with Gasteiger partial charge >= 0.3 is 0 Å². The van der Waals surface area contributed by atoms with E-state index < -0.39 is 18.3 Å². The molecule has 104 valence electrons. The summed E-state index contributed by atoms with van der Waals surface area (Å²) < 4.78 is 0. The number of aliphatic hydroxyl groups is 4. The molecule has 0 rings (SSSR count). The van der Waals surface area contributed by atoms with Crippen LogP contribution in [0.25, 0.3) is 0 Å². The van der Waals surface area contributed by atoms with Crippen LogP contribution in [0.5, 0.6) is 0 Å². The normalized spacial score (nSPS) is 16.8. The molecule has 4 N–H and O–H groups in total. The van der Waals surface area contributed by atoms with Crippen LogP contribution < -0.4 is 0 Å². The number of rotatable bonds is 11. The molecule has 0 aromatic rings. The van der Waals surface area contributed by atoms with E-state index in [-0.39, 0.29) is 6.61 Å². The summed E-state index contributed by atoms with van der Waals surface area (Å²) in [4.78, 5) is 0. The lowest BCUT2D eigenvalue weighted by Crippen LogP contribution is -2.26. The molecule has 3 atom stereocenters. The summed E-state index contributed by atoms with van der Waals surface area (Å²) >= 11 is 0. The van der Waals surface area contributed by atoms with E-state index in [9.17, 15) is 10.2 Å². The van der Waals surface area contributed by atoms with Crippen molar-refractivity contribution in [3.63, 3.8) is 0 Å². The summed E-state index contributed by atoms with van der Waals surface area (Å²) in [6.07, 6.45) is 4.53. The van der Waals surface area contributed by atoms with Gasteiger partial charge in [0.1, 0.15) is 0 Å². The maximum atomic E-state index is 9.68. The molecule has 17 heavy (non-hydrogen) atoms. The Morgan fingerprint density at radius 2 is 1.35 bits per heavy atom. The zero-order chi connectivity index (χ0) is 13.1. The quantitative estimate of drug-likeness (QED) is 0.414. The van der Waals surface area contributed by atoms with Gasteiger partial charge in [-0.05, 0) is 25.7 Å². The summed E-state index contributed by atoms with van der Waals surface area (Å²) in [6.45, 7) is 1.90. The van der Waals surface area contributed by atoms with Crippen LogP contribution in [0.15, 0.2) is 0 Å². The van der Waals surface area contributed by atoms with Crippen LogP contribution in [-0.2, 0) is 0 Å². The summed E-state index contributed by atoms with van der Waals surface area (Å²) in [7, 11) is 0. The van der Waals surface area contributed by atoms with Crippen molar-refractivity contribution in [2.45, 2.75) is 76.6 Å². The first-order valence-corrected chi connectivity index (χ1v) is 6.76. The van der Waals surface area contributed by atoms with E-state index in [1.54, 1.807) is 0 Å². The molecule has 0 aliphatic heterocycles. The lowest BCUT2D eigenvalue weighted by Gasteiger charge is -2.18.